The van der Waals surface area contributed by atoms with Gasteiger partial charge in [0.05, 0.1) is 11.1 Å². The zero-order valence-electron chi connectivity index (χ0n) is 5.89. The summed E-state index contributed by atoms with van der Waals surface area (Å²) in [5, 5.41) is 13.8. The lowest BCUT2D eigenvalue weighted by molar-refractivity contribution is -0.105. The zero-order chi connectivity index (χ0) is 8.97. The Morgan fingerprint density at radius 3 is 3.25 bits per heavy atom. The Labute approximate surface area is 71.7 Å². The summed E-state index contributed by atoms with van der Waals surface area (Å²) in [6, 6.07) is 0. The number of amides is 1. The first kappa shape index (κ1) is 8.47. The lowest BCUT2D eigenvalue weighted by Crippen LogP contribution is -2.10. The number of aromatic nitrogens is 1. The van der Waals surface area contributed by atoms with E-state index in [1.807, 2.05) is 0 Å². The third kappa shape index (κ3) is 1.70. The monoisotopic (exact) mass is 186 g/mol. The zero-order valence-corrected chi connectivity index (χ0v) is 6.71. The molecule has 0 aliphatic rings. The first-order chi connectivity index (χ1) is 5.77. The van der Waals surface area contributed by atoms with Crippen LogP contribution in [0, 0.1) is 0 Å². The average Bonchev–Trinajstić information content (AvgIpc) is 2.52. The molecule has 0 radical (unpaired) electrons. The first-order valence-electron chi connectivity index (χ1n) is 2.92. The van der Waals surface area contributed by atoms with Crippen molar-refractivity contribution in [1.29, 1.82) is 0 Å². The molecule has 0 atom stereocenters. The Balaban J connectivity index is 2.83. The van der Waals surface area contributed by atoms with Crippen molar-refractivity contribution in [1.82, 2.24) is 4.98 Å². The highest BCUT2D eigenvalue weighted by molar-refractivity contribution is 7.17. The fourth-order valence-electron chi connectivity index (χ4n) is 0.559. The SMILES string of the molecule is N/C(=N\O)c1cnc(NC=O)s1. The van der Waals surface area contributed by atoms with E-state index in [4.69, 9.17) is 10.9 Å². The maximum absolute atomic E-state index is 9.97. The second kappa shape index (κ2) is 3.67. The Hall–Kier alpha value is -1.63. The van der Waals surface area contributed by atoms with Gasteiger partial charge in [-0.3, -0.25) is 4.79 Å². The molecular formula is C5H6N4O2S. The van der Waals surface area contributed by atoms with Crippen molar-refractivity contribution in [2.24, 2.45) is 10.9 Å². The number of thiazole rings is 1. The molecule has 0 aliphatic carbocycles. The van der Waals surface area contributed by atoms with Crippen molar-refractivity contribution in [3.05, 3.63) is 11.1 Å². The number of hydrogen-bond acceptors (Lipinski definition) is 5. The standard InChI is InChI=1S/C5H6N4O2S/c6-4(9-11)3-1-7-5(12-3)8-2-10/h1-2,11H,(H2,6,9)(H,7,8,10). The molecule has 12 heavy (non-hydrogen) atoms. The highest BCUT2D eigenvalue weighted by atomic mass is 32.1. The molecule has 0 aliphatic heterocycles. The molecule has 4 N–H and O–H groups in total. The van der Waals surface area contributed by atoms with Gasteiger partial charge in [0.1, 0.15) is 0 Å². The number of hydrogen-bond donors (Lipinski definition) is 3. The summed E-state index contributed by atoms with van der Waals surface area (Å²) < 4.78 is 0. The number of anilines is 1. The summed E-state index contributed by atoms with van der Waals surface area (Å²) in [7, 11) is 0. The van der Waals surface area contributed by atoms with E-state index >= 15 is 0 Å². The molecule has 1 aromatic heterocycles. The van der Waals surface area contributed by atoms with Crippen molar-refractivity contribution in [3.63, 3.8) is 0 Å². The quantitative estimate of drug-likeness (QED) is 0.200. The maximum Gasteiger partial charge on any atom is 0.213 e. The third-order valence-corrected chi connectivity index (χ3v) is 2.00. The van der Waals surface area contributed by atoms with E-state index in [1.54, 1.807) is 0 Å². The van der Waals surface area contributed by atoms with Gasteiger partial charge >= 0.3 is 0 Å². The summed E-state index contributed by atoms with van der Waals surface area (Å²) in [6.07, 6.45) is 1.92. The van der Waals surface area contributed by atoms with Crippen molar-refractivity contribution < 1.29 is 10.0 Å². The number of rotatable bonds is 3. The number of amidine groups is 1. The fraction of sp³-hybridized carbons (Fsp3) is 0. The Kier molecular flexibility index (Phi) is 2.59. The van der Waals surface area contributed by atoms with Crippen LogP contribution in [0.25, 0.3) is 0 Å². The van der Waals surface area contributed by atoms with Crippen LogP contribution < -0.4 is 11.1 Å². The van der Waals surface area contributed by atoms with E-state index < -0.39 is 0 Å². The Morgan fingerprint density at radius 2 is 2.67 bits per heavy atom. The van der Waals surface area contributed by atoms with Crippen LogP contribution in [0.1, 0.15) is 4.88 Å². The van der Waals surface area contributed by atoms with E-state index in [0.717, 1.165) is 11.3 Å². The van der Waals surface area contributed by atoms with Gasteiger partial charge in [-0.1, -0.05) is 16.5 Å². The third-order valence-electron chi connectivity index (χ3n) is 1.05. The molecule has 7 heteroatoms. The molecule has 0 unspecified atom stereocenters. The van der Waals surface area contributed by atoms with Gasteiger partial charge in [0.15, 0.2) is 11.0 Å². The van der Waals surface area contributed by atoms with Crippen molar-refractivity contribution in [2.45, 2.75) is 0 Å². The van der Waals surface area contributed by atoms with Gasteiger partial charge in [0.25, 0.3) is 0 Å². The van der Waals surface area contributed by atoms with Gasteiger partial charge in [0.2, 0.25) is 6.41 Å². The lowest BCUT2D eigenvalue weighted by atomic mass is 10.5. The molecular weight excluding hydrogens is 180 g/mol. The first-order valence-corrected chi connectivity index (χ1v) is 3.73. The molecule has 64 valence electrons. The number of carbonyl (C=O) groups is 1. The van der Waals surface area contributed by atoms with Crippen LogP contribution in [0.4, 0.5) is 5.13 Å². The fourth-order valence-corrected chi connectivity index (χ4v) is 1.23. The van der Waals surface area contributed by atoms with Gasteiger partial charge in [-0.25, -0.2) is 4.98 Å². The van der Waals surface area contributed by atoms with Crippen molar-refractivity contribution >= 4 is 28.7 Å². The normalized spacial score (nSPS) is 11.2. The summed E-state index contributed by atoms with van der Waals surface area (Å²) in [6.45, 7) is 0. The molecule has 1 aromatic rings. The molecule has 0 spiro atoms. The molecule has 0 aromatic carbocycles. The molecule has 0 saturated carbocycles. The molecule has 0 fully saturated rings. The molecule has 0 bridgehead atoms. The van der Waals surface area contributed by atoms with E-state index in [-0.39, 0.29) is 5.84 Å². The van der Waals surface area contributed by atoms with Crippen molar-refractivity contribution in [2.75, 3.05) is 5.32 Å². The topological polar surface area (TPSA) is 101 Å². The number of nitrogens with zero attached hydrogens (tertiary/aromatic N) is 2. The van der Waals surface area contributed by atoms with Gasteiger partial charge in [-0.15, -0.1) is 0 Å². The molecule has 1 heterocycles. The highest BCUT2D eigenvalue weighted by Gasteiger charge is 2.04. The van der Waals surface area contributed by atoms with Crippen molar-refractivity contribution in [3.8, 4) is 0 Å². The smallest absolute Gasteiger partial charge is 0.213 e. The molecule has 1 amide bonds. The number of oxime groups is 1. The van der Waals surface area contributed by atoms with E-state index in [9.17, 15) is 4.79 Å². The van der Waals surface area contributed by atoms with Crippen LogP contribution >= 0.6 is 11.3 Å². The maximum atomic E-state index is 9.97. The number of nitrogens with one attached hydrogen (secondary N) is 1. The largest absolute Gasteiger partial charge is 0.409 e. The summed E-state index contributed by atoms with van der Waals surface area (Å²) >= 11 is 1.12. The van der Waals surface area contributed by atoms with Crippen LogP contribution in [-0.4, -0.2) is 22.4 Å². The predicted molar refractivity (Wildman–Crippen MR) is 44.3 cm³/mol. The number of nitrogens with two attached hydrogens (primary N) is 1. The second-order valence-electron chi connectivity index (χ2n) is 1.78. The van der Waals surface area contributed by atoms with Crippen LogP contribution in [0.5, 0.6) is 0 Å². The summed E-state index contributed by atoms with van der Waals surface area (Å²) in [5.41, 5.74) is 5.26. The van der Waals surface area contributed by atoms with E-state index in [1.165, 1.54) is 6.20 Å². The number of carbonyl (C=O) groups excluding carboxylic acids is 1. The highest BCUT2D eigenvalue weighted by Crippen LogP contribution is 2.16. The van der Waals surface area contributed by atoms with Crippen LogP contribution in [0.2, 0.25) is 0 Å². The van der Waals surface area contributed by atoms with E-state index in [2.05, 4.69) is 15.5 Å². The average molecular weight is 186 g/mol. The minimum absolute atomic E-state index is 0.0218. The van der Waals surface area contributed by atoms with E-state index in [0.29, 0.717) is 16.4 Å². The van der Waals surface area contributed by atoms with Gasteiger partial charge in [-0.2, -0.15) is 0 Å². The molecule has 6 nitrogen and oxygen atoms in total. The van der Waals surface area contributed by atoms with Gasteiger partial charge < -0.3 is 16.3 Å². The minimum atomic E-state index is -0.0218. The van der Waals surface area contributed by atoms with Crippen LogP contribution in [0.15, 0.2) is 11.4 Å². The minimum Gasteiger partial charge on any atom is -0.409 e. The van der Waals surface area contributed by atoms with Gasteiger partial charge in [0, 0.05) is 0 Å². The Bertz CT molecular complexity index is 308. The van der Waals surface area contributed by atoms with Gasteiger partial charge in [-0.05, 0) is 0 Å². The second-order valence-corrected chi connectivity index (χ2v) is 2.81. The summed E-state index contributed by atoms with van der Waals surface area (Å²) in [4.78, 5) is 14.2. The molecule has 1 rings (SSSR count). The summed E-state index contributed by atoms with van der Waals surface area (Å²) in [5.74, 6) is -0.0218. The molecule has 0 saturated heterocycles. The predicted octanol–water partition coefficient (Wildman–Crippen LogP) is -0.194. The van der Waals surface area contributed by atoms with Crippen LogP contribution in [-0.2, 0) is 4.79 Å². The van der Waals surface area contributed by atoms with Crippen LogP contribution in [0.3, 0.4) is 0 Å². The lowest BCUT2D eigenvalue weighted by Gasteiger charge is -1.88. The Morgan fingerprint density at radius 1 is 1.92 bits per heavy atom.